The minimum atomic E-state index is 0.0283. The molecule has 0 aromatic heterocycles. The average molecular weight is 316 g/mol. The highest BCUT2D eigenvalue weighted by molar-refractivity contribution is 9.10. The fourth-order valence-electron chi connectivity index (χ4n) is 1.64. The Balaban J connectivity index is 2.58. The largest absolute Gasteiger partial charge is 0.486 e. The van der Waals surface area contributed by atoms with E-state index in [4.69, 9.17) is 9.47 Å². The Labute approximate surface area is 118 Å². The van der Waals surface area contributed by atoms with Gasteiger partial charge in [0.2, 0.25) is 0 Å². The van der Waals surface area contributed by atoms with Crippen LogP contribution in [0.2, 0.25) is 0 Å². The van der Waals surface area contributed by atoms with Gasteiger partial charge in [-0.25, -0.2) is 0 Å². The normalized spacial score (nSPS) is 12.4. The van der Waals surface area contributed by atoms with Gasteiger partial charge in [0.15, 0.2) is 0 Å². The van der Waals surface area contributed by atoms with Gasteiger partial charge in [0.25, 0.3) is 0 Å². The molecule has 102 valence electrons. The van der Waals surface area contributed by atoms with Crippen molar-refractivity contribution in [3.8, 4) is 5.75 Å². The summed E-state index contributed by atoms with van der Waals surface area (Å²) in [6, 6.07) is 6.09. The van der Waals surface area contributed by atoms with E-state index in [1.165, 1.54) is 5.56 Å². The zero-order valence-electron chi connectivity index (χ0n) is 11.3. The van der Waals surface area contributed by atoms with Crippen LogP contribution >= 0.6 is 15.9 Å². The van der Waals surface area contributed by atoms with E-state index in [0.717, 1.165) is 29.7 Å². The molecule has 18 heavy (non-hydrogen) atoms. The Morgan fingerprint density at radius 3 is 2.78 bits per heavy atom. The molecule has 0 amide bonds. The molecule has 0 heterocycles. The molecule has 1 unspecified atom stereocenters. The summed E-state index contributed by atoms with van der Waals surface area (Å²) in [5.74, 6) is 0.862. The van der Waals surface area contributed by atoms with Crippen LogP contribution in [-0.4, -0.2) is 32.9 Å². The smallest absolute Gasteiger partial charge is 0.134 e. The second-order valence-electron chi connectivity index (χ2n) is 4.33. The molecule has 1 aromatic rings. The van der Waals surface area contributed by atoms with Gasteiger partial charge >= 0.3 is 0 Å². The standard InChI is InChI=1S/C14H22BrNO2/c1-4-7-16-9-12(10-17-3)18-14-6-5-11(2)8-13(14)15/h5-6,8,12,16H,4,7,9-10H2,1-3H3. The van der Waals surface area contributed by atoms with Crippen molar-refractivity contribution < 1.29 is 9.47 Å². The number of hydrogen-bond acceptors (Lipinski definition) is 3. The lowest BCUT2D eigenvalue weighted by Gasteiger charge is -2.20. The summed E-state index contributed by atoms with van der Waals surface area (Å²) in [4.78, 5) is 0. The predicted octanol–water partition coefficient (Wildman–Crippen LogP) is 3.15. The molecule has 0 spiro atoms. The van der Waals surface area contributed by atoms with Crippen molar-refractivity contribution in [2.24, 2.45) is 0 Å². The summed E-state index contributed by atoms with van der Waals surface area (Å²) in [6.45, 7) is 6.58. The molecule has 0 aliphatic heterocycles. The van der Waals surface area contributed by atoms with E-state index in [1.54, 1.807) is 7.11 Å². The third-order valence-electron chi connectivity index (χ3n) is 2.53. The Hall–Kier alpha value is -0.580. The van der Waals surface area contributed by atoms with Crippen LogP contribution < -0.4 is 10.1 Å². The third kappa shape index (κ3) is 5.38. The van der Waals surface area contributed by atoms with Gasteiger partial charge in [-0.1, -0.05) is 13.0 Å². The predicted molar refractivity (Wildman–Crippen MR) is 78.3 cm³/mol. The molecule has 0 saturated carbocycles. The molecular formula is C14H22BrNO2. The molecule has 1 rings (SSSR count). The van der Waals surface area contributed by atoms with Crippen molar-refractivity contribution >= 4 is 15.9 Å². The van der Waals surface area contributed by atoms with E-state index in [9.17, 15) is 0 Å². The first-order valence-electron chi connectivity index (χ1n) is 6.29. The Morgan fingerprint density at radius 1 is 1.39 bits per heavy atom. The number of nitrogens with one attached hydrogen (secondary N) is 1. The van der Waals surface area contributed by atoms with E-state index in [-0.39, 0.29) is 6.10 Å². The number of methoxy groups -OCH3 is 1. The molecule has 0 bridgehead atoms. The number of benzene rings is 1. The number of aryl methyl sites for hydroxylation is 1. The third-order valence-corrected chi connectivity index (χ3v) is 3.15. The Bertz CT molecular complexity index is 358. The minimum absolute atomic E-state index is 0.0283. The summed E-state index contributed by atoms with van der Waals surface area (Å²) in [5.41, 5.74) is 1.21. The van der Waals surface area contributed by atoms with Crippen LogP contribution in [0, 0.1) is 6.92 Å². The lowest BCUT2D eigenvalue weighted by molar-refractivity contribution is 0.0802. The lowest BCUT2D eigenvalue weighted by atomic mass is 10.2. The van der Waals surface area contributed by atoms with Crippen molar-refractivity contribution in [2.75, 3.05) is 26.8 Å². The molecule has 0 radical (unpaired) electrons. The number of halogens is 1. The highest BCUT2D eigenvalue weighted by Gasteiger charge is 2.11. The van der Waals surface area contributed by atoms with E-state index >= 15 is 0 Å². The van der Waals surface area contributed by atoms with Gasteiger partial charge in [-0.15, -0.1) is 0 Å². The maximum absolute atomic E-state index is 5.95. The monoisotopic (exact) mass is 315 g/mol. The average Bonchev–Trinajstić information content (AvgIpc) is 2.33. The zero-order chi connectivity index (χ0) is 13.4. The van der Waals surface area contributed by atoms with Gasteiger partial charge < -0.3 is 14.8 Å². The van der Waals surface area contributed by atoms with E-state index in [2.05, 4.69) is 41.2 Å². The Kier molecular flexibility index (Phi) is 7.32. The van der Waals surface area contributed by atoms with Crippen molar-refractivity contribution in [3.05, 3.63) is 28.2 Å². The quantitative estimate of drug-likeness (QED) is 0.747. The highest BCUT2D eigenvalue weighted by Crippen LogP contribution is 2.26. The van der Waals surface area contributed by atoms with E-state index in [0.29, 0.717) is 6.61 Å². The topological polar surface area (TPSA) is 30.5 Å². The highest BCUT2D eigenvalue weighted by atomic mass is 79.9. The van der Waals surface area contributed by atoms with Gasteiger partial charge in [-0.3, -0.25) is 0 Å². The van der Waals surface area contributed by atoms with Crippen LogP contribution in [0.25, 0.3) is 0 Å². The van der Waals surface area contributed by atoms with E-state index in [1.807, 2.05) is 12.1 Å². The summed E-state index contributed by atoms with van der Waals surface area (Å²) in [7, 11) is 1.69. The maximum Gasteiger partial charge on any atom is 0.134 e. The minimum Gasteiger partial charge on any atom is -0.486 e. The van der Waals surface area contributed by atoms with Crippen LogP contribution in [0.1, 0.15) is 18.9 Å². The van der Waals surface area contributed by atoms with Crippen molar-refractivity contribution in [1.29, 1.82) is 0 Å². The summed E-state index contributed by atoms with van der Waals surface area (Å²) >= 11 is 3.52. The van der Waals surface area contributed by atoms with E-state index < -0.39 is 0 Å². The fraction of sp³-hybridized carbons (Fsp3) is 0.571. The molecule has 1 aromatic carbocycles. The molecule has 1 atom stereocenters. The number of rotatable bonds is 8. The van der Waals surface area contributed by atoms with Crippen LogP contribution in [0.3, 0.4) is 0 Å². The summed E-state index contributed by atoms with van der Waals surface area (Å²) in [5, 5.41) is 3.35. The van der Waals surface area contributed by atoms with Gasteiger partial charge in [0.05, 0.1) is 11.1 Å². The second-order valence-corrected chi connectivity index (χ2v) is 5.19. The van der Waals surface area contributed by atoms with Crippen LogP contribution in [0.5, 0.6) is 5.75 Å². The molecular weight excluding hydrogens is 294 g/mol. The first kappa shape index (κ1) is 15.5. The molecule has 3 nitrogen and oxygen atoms in total. The van der Waals surface area contributed by atoms with Crippen molar-refractivity contribution in [2.45, 2.75) is 26.4 Å². The first-order valence-corrected chi connectivity index (χ1v) is 7.09. The summed E-state index contributed by atoms with van der Waals surface area (Å²) < 4.78 is 12.1. The van der Waals surface area contributed by atoms with Crippen molar-refractivity contribution in [3.63, 3.8) is 0 Å². The molecule has 0 aliphatic rings. The number of hydrogen-bond donors (Lipinski definition) is 1. The summed E-state index contributed by atoms with van der Waals surface area (Å²) in [6.07, 6.45) is 1.15. The van der Waals surface area contributed by atoms with Crippen LogP contribution in [0.4, 0.5) is 0 Å². The SMILES string of the molecule is CCCNCC(COC)Oc1ccc(C)cc1Br. The lowest BCUT2D eigenvalue weighted by Crippen LogP contribution is -2.35. The van der Waals surface area contributed by atoms with Crippen LogP contribution in [-0.2, 0) is 4.74 Å². The number of ether oxygens (including phenoxy) is 2. The van der Waals surface area contributed by atoms with Gasteiger partial charge in [0.1, 0.15) is 11.9 Å². The molecule has 0 fully saturated rings. The van der Waals surface area contributed by atoms with Crippen molar-refractivity contribution in [1.82, 2.24) is 5.32 Å². The molecule has 1 N–H and O–H groups in total. The van der Waals surface area contributed by atoms with Gasteiger partial charge in [-0.05, 0) is 53.5 Å². The van der Waals surface area contributed by atoms with Gasteiger partial charge in [0, 0.05) is 13.7 Å². The first-order chi connectivity index (χ1) is 8.67. The Morgan fingerprint density at radius 2 is 2.17 bits per heavy atom. The zero-order valence-corrected chi connectivity index (χ0v) is 12.9. The molecule has 4 heteroatoms. The molecule has 0 aliphatic carbocycles. The fourth-order valence-corrected chi connectivity index (χ4v) is 2.23. The second kappa shape index (κ2) is 8.51. The maximum atomic E-state index is 5.95. The molecule has 0 saturated heterocycles. The van der Waals surface area contributed by atoms with Crippen LogP contribution in [0.15, 0.2) is 22.7 Å². The van der Waals surface area contributed by atoms with Gasteiger partial charge in [-0.2, -0.15) is 0 Å².